The molecule has 134 valence electrons. The van der Waals surface area contributed by atoms with Crippen molar-refractivity contribution >= 4 is 17.4 Å². The van der Waals surface area contributed by atoms with Crippen molar-refractivity contribution in [3.63, 3.8) is 0 Å². The van der Waals surface area contributed by atoms with Crippen LogP contribution in [-0.2, 0) is 0 Å². The van der Waals surface area contributed by atoms with Crippen molar-refractivity contribution < 1.29 is 9.53 Å². The van der Waals surface area contributed by atoms with Crippen LogP contribution in [0.2, 0.25) is 0 Å². The molecule has 0 spiro atoms. The Balaban J connectivity index is 1.80. The summed E-state index contributed by atoms with van der Waals surface area (Å²) >= 11 is 0. The second kappa shape index (κ2) is 6.96. The minimum absolute atomic E-state index is 0.195. The van der Waals surface area contributed by atoms with Gasteiger partial charge in [-0.15, -0.1) is 0 Å². The maximum absolute atomic E-state index is 12.9. The van der Waals surface area contributed by atoms with Gasteiger partial charge in [-0.3, -0.25) is 9.20 Å². The number of benzene rings is 2. The van der Waals surface area contributed by atoms with Crippen molar-refractivity contribution in [3.05, 3.63) is 84.1 Å². The molecule has 1 amide bonds. The number of carbonyl (C=O) groups is 1. The Kier molecular flexibility index (Phi) is 4.34. The van der Waals surface area contributed by atoms with Crippen molar-refractivity contribution in [2.45, 2.75) is 6.92 Å². The number of methoxy groups -OCH3 is 1. The van der Waals surface area contributed by atoms with Gasteiger partial charge >= 0.3 is 0 Å². The molecule has 5 heteroatoms. The molecule has 0 unspecified atom stereocenters. The molecule has 0 aliphatic heterocycles. The highest BCUT2D eigenvalue weighted by atomic mass is 16.5. The van der Waals surface area contributed by atoms with E-state index in [9.17, 15) is 4.79 Å². The Bertz CT molecular complexity index is 1100. The molecule has 0 saturated heterocycles. The molecule has 2 aromatic carbocycles. The van der Waals surface area contributed by atoms with Gasteiger partial charge in [-0.05, 0) is 43.3 Å². The molecule has 5 nitrogen and oxygen atoms in total. The molecule has 0 radical (unpaired) electrons. The van der Waals surface area contributed by atoms with Crippen LogP contribution < -0.4 is 10.1 Å². The highest BCUT2D eigenvalue weighted by Gasteiger charge is 2.18. The van der Waals surface area contributed by atoms with Crippen molar-refractivity contribution in [1.82, 2.24) is 9.38 Å². The summed E-state index contributed by atoms with van der Waals surface area (Å²) in [6, 6.07) is 22.8. The summed E-state index contributed by atoms with van der Waals surface area (Å²) < 4.78 is 7.12. The number of nitrogens with zero attached hydrogens (tertiary/aromatic N) is 2. The van der Waals surface area contributed by atoms with Gasteiger partial charge in [-0.2, -0.15) is 0 Å². The third-order valence-corrected chi connectivity index (χ3v) is 4.47. The molecule has 0 fully saturated rings. The number of hydrogen-bond acceptors (Lipinski definition) is 3. The average molecular weight is 357 g/mol. The minimum Gasteiger partial charge on any atom is -0.497 e. The lowest BCUT2D eigenvalue weighted by atomic mass is 10.1. The first-order chi connectivity index (χ1) is 13.2. The van der Waals surface area contributed by atoms with Crippen molar-refractivity contribution in [3.8, 4) is 17.0 Å². The predicted molar refractivity (Wildman–Crippen MR) is 106 cm³/mol. The Morgan fingerprint density at radius 1 is 0.963 bits per heavy atom. The van der Waals surface area contributed by atoms with Crippen LogP contribution in [0.4, 0.5) is 5.82 Å². The van der Waals surface area contributed by atoms with Gasteiger partial charge in [-0.1, -0.05) is 36.4 Å². The fourth-order valence-electron chi connectivity index (χ4n) is 3.09. The SMILES string of the molecule is COc1ccc(C(=O)Nc2c(-c3ccccc3)nc3cccc(C)n23)cc1. The van der Waals surface area contributed by atoms with Gasteiger partial charge in [0.05, 0.1) is 7.11 Å². The van der Waals surface area contributed by atoms with Crippen LogP contribution >= 0.6 is 0 Å². The maximum Gasteiger partial charge on any atom is 0.256 e. The summed E-state index contributed by atoms with van der Waals surface area (Å²) in [4.78, 5) is 17.6. The number of nitrogens with one attached hydrogen (secondary N) is 1. The van der Waals surface area contributed by atoms with E-state index in [1.807, 2.05) is 59.9 Å². The number of fused-ring (bicyclic) bond motifs is 1. The van der Waals surface area contributed by atoms with Gasteiger partial charge in [0, 0.05) is 16.8 Å². The molecule has 0 bridgehead atoms. The van der Waals surface area contributed by atoms with E-state index in [4.69, 9.17) is 9.72 Å². The molecule has 4 rings (SSSR count). The number of amides is 1. The minimum atomic E-state index is -0.195. The number of aryl methyl sites for hydroxylation is 1. The molecule has 0 saturated carbocycles. The number of rotatable bonds is 4. The quantitative estimate of drug-likeness (QED) is 0.582. The second-order valence-corrected chi connectivity index (χ2v) is 6.22. The van der Waals surface area contributed by atoms with Gasteiger partial charge in [0.1, 0.15) is 22.9 Å². The van der Waals surface area contributed by atoms with Crippen molar-refractivity contribution in [1.29, 1.82) is 0 Å². The van der Waals surface area contributed by atoms with Gasteiger partial charge in [-0.25, -0.2) is 4.98 Å². The number of imidazole rings is 1. The lowest BCUT2D eigenvalue weighted by Crippen LogP contribution is -2.14. The monoisotopic (exact) mass is 357 g/mol. The second-order valence-electron chi connectivity index (χ2n) is 6.22. The summed E-state index contributed by atoms with van der Waals surface area (Å²) in [7, 11) is 1.60. The van der Waals surface area contributed by atoms with E-state index in [0.717, 1.165) is 22.6 Å². The summed E-state index contributed by atoms with van der Waals surface area (Å²) in [6.45, 7) is 1.99. The van der Waals surface area contributed by atoms with Crippen LogP contribution in [0.1, 0.15) is 16.1 Å². The van der Waals surface area contributed by atoms with Crippen LogP contribution in [0.3, 0.4) is 0 Å². The molecule has 2 heterocycles. The zero-order valence-electron chi connectivity index (χ0n) is 15.1. The number of pyridine rings is 1. The Morgan fingerprint density at radius 3 is 2.41 bits per heavy atom. The molecule has 0 aliphatic carbocycles. The first-order valence-corrected chi connectivity index (χ1v) is 8.66. The van der Waals surface area contributed by atoms with E-state index in [1.54, 1.807) is 31.4 Å². The first-order valence-electron chi connectivity index (χ1n) is 8.66. The van der Waals surface area contributed by atoms with Gasteiger partial charge in [0.15, 0.2) is 0 Å². The van der Waals surface area contributed by atoms with E-state index in [1.165, 1.54) is 0 Å². The standard InChI is InChI=1S/C22H19N3O2/c1-15-7-6-10-19-23-20(16-8-4-3-5-9-16)21(25(15)19)24-22(26)17-11-13-18(27-2)14-12-17/h3-14H,1-2H3,(H,24,26). The molecule has 0 aliphatic rings. The van der Waals surface area contributed by atoms with E-state index in [-0.39, 0.29) is 5.91 Å². The van der Waals surface area contributed by atoms with Crippen LogP contribution in [0.25, 0.3) is 16.9 Å². The summed E-state index contributed by atoms with van der Waals surface area (Å²) in [5.41, 5.74) is 4.03. The summed E-state index contributed by atoms with van der Waals surface area (Å²) in [5.74, 6) is 1.18. The van der Waals surface area contributed by atoms with Crippen LogP contribution in [0, 0.1) is 6.92 Å². The Labute approximate surface area is 157 Å². The summed E-state index contributed by atoms with van der Waals surface area (Å²) in [5, 5.41) is 3.05. The average Bonchev–Trinajstić information content (AvgIpc) is 3.08. The Morgan fingerprint density at radius 2 is 1.70 bits per heavy atom. The number of carbonyl (C=O) groups excluding carboxylic acids is 1. The highest BCUT2D eigenvalue weighted by Crippen LogP contribution is 2.30. The highest BCUT2D eigenvalue weighted by molar-refractivity contribution is 6.05. The van der Waals surface area contributed by atoms with Crippen LogP contribution in [0.5, 0.6) is 5.75 Å². The first kappa shape index (κ1) is 16.8. The number of ether oxygens (including phenoxy) is 1. The van der Waals surface area contributed by atoms with Crippen molar-refractivity contribution in [2.75, 3.05) is 12.4 Å². The number of aromatic nitrogens is 2. The van der Waals surface area contributed by atoms with E-state index in [2.05, 4.69) is 5.32 Å². The molecule has 1 N–H and O–H groups in total. The zero-order valence-corrected chi connectivity index (χ0v) is 15.1. The normalized spacial score (nSPS) is 10.7. The molecular formula is C22H19N3O2. The van der Waals surface area contributed by atoms with Crippen LogP contribution in [0.15, 0.2) is 72.8 Å². The van der Waals surface area contributed by atoms with E-state index in [0.29, 0.717) is 17.1 Å². The van der Waals surface area contributed by atoms with E-state index >= 15 is 0 Å². The molecular weight excluding hydrogens is 338 g/mol. The van der Waals surface area contributed by atoms with Crippen molar-refractivity contribution in [2.24, 2.45) is 0 Å². The topological polar surface area (TPSA) is 55.6 Å². The zero-order chi connectivity index (χ0) is 18.8. The maximum atomic E-state index is 12.9. The van der Waals surface area contributed by atoms with Gasteiger partial charge in [0.2, 0.25) is 0 Å². The fourth-order valence-corrected chi connectivity index (χ4v) is 3.09. The van der Waals surface area contributed by atoms with E-state index < -0.39 is 0 Å². The third kappa shape index (κ3) is 3.15. The predicted octanol–water partition coefficient (Wildman–Crippen LogP) is 4.57. The smallest absolute Gasteiger partial charge is 0.256 e. The molecule has 0 atom stereocenters. The fraction of sp³-hybridized carbons (Fsp3) is 0.0909. The summed E-state index contributed by atoms with van der Waals surface area (Å²) in [6.07, 6.45) is 0. The largest absolute Gasteiger partial charge is 0.497 e. The van der Waals surface area contributed by atoms with Crippen LogP contribution in [-0.4, -0.2) is 22.4 Å². The van der Waals surface area contributed by atoms with Gasteiger partial charge in [0.25, 0.3) is 5.91 Å². The lowest BCUT2D eigenvalue weighted by molar-refractivity contribution is 0.102. The molecule has 2 aromatic heterocycles. The molecule has 4 aromatic rings. The Hall–Kier alpha value is -3.60. The number of hydrogen-bond donors (Lipinski definition) is 1. The third-order valence-electron chi connectivity index (χ3n) is 4.47. The van der Waals surface area contributed by atoms with Gasteiger partial charge < -0.3 is 10.1 Å². The lowest BCUT2D eigenvalue weighted by Gasteiger charge is -2.10. The number of anilines is 1. The molecule has 27 heavy (non-hydrogen) atoms.